The number of rotatable bonds is 7. The minimum absolute atomic E-state index is 0.774. The first-order chi connectivity index (χ1) is 9.65. The van der Waals surface area contributed by atoms with Gasteiger partial charge in [0.05, 0.1) is 24.5 Å². The summed E-state index contributed by atoms with van der Waals surface area (Å²) in [4.78, 5) is 0. The molecule has 0 saturated heterocycles. The second-order valence-corrected chi connectivity index (χ2v) is 4.98. The number of hydrogen-bond donors (Lipinski definition) is 1. The molecule has 0 spiro atoms. The van der Waals surface area contributed by atoms with Crippen LogP contribution in [0.2, 0.25) is 0 Å². The first-order valence-electron chi connectivity index (χ1n) is 7.28. The van der Waals surface area contributed by atoms with E-state index in [9.17, 15) is 0 Å². The van der Waals surface area contributed by atoms with Crippen molar-refractivity contribution in [1.29, 1.82) is 0 Å². The lowest BCUT2D eigenvalue weighted by Gasteiger charge is -2.04. The summed E-state index contributed by atoms with van der Waals surface area (Å²) < 4.78 is 3.95. The van der Waals surface area contributed by atoms with Crippen molar-refractivity contribution in [1.82, 2.24) is 30.1 Å². The first-order valence-corrected chi connectivity index (χ1v) is 7.28. The molecule has 2 heterocycles. The summed E-state index contributed by atoms with van der Waals surface area (Å²) in [6, 6.07) is 0. The van der Waals surface area contributed by atoms with Gasteiger partial charge in [-0.15, -0.1) is 5.10 Å². The van der Waals surface area contributed by atoms with E-state index in [1.807, 2.05) is 10.9 Å². The highest BCUT2D eigenvalue weighted by atomic mass is 15.4. The van der Waals surface area contributed by atoms with Gasteiger partial charge in [-0.1, -0.05) is 19.1 Å². The number of aryl methyl sites for hydroxylation is 3. The monoisotopic (exact) mass is 276 g/mol. The summed E-state index contributed by atoms with van der Waals surface area (Å²) >= 11 is 0. The molecule has 0 amide bonds. The molecular weight excluding hydrogens is 252 g/mol. The van der Waals surface area contributed by atoms with E-state index < -0.39 is 0 Å². The molecule has 6 heteroatoms. The lowest BCUT2D eigenvalue weighted by molar-refractivity contribution is 0.481. The van der Waals surface area contributed by atoms with Crippen molar-refractivity contribution in [3.05, 3.63) is 28.8 Å². The Morgan fingerprint density at radius 2 is 2.00 bits per heavy atom. The number of hydrogen-bond acceptors (Lipinski definition) is 4. The Kier molecular flexibility index (Phi) is 4.89. The SMILES string of the molecule is CCNCc1cn(CCn2nc(C)c(CC)c2C)nn1. The minimum Gasteiger partial charge on any atom is -0.311 e. The molecular formula is C14H24N6. The van der Waals surface area contributed by atoms with Crippen molar-refractivity contribution in [3.8, 4) is 0 Å². The van der Waals surface area contributed by atoms with E-state index in [1.165, 1.54) is 11.3 Å². The Labute approximate surface area is 120 Å². The van der Waals surface area contributed by atoms with E-state index in [0.29, 0.717) is 0 Å². The zero-order valence-electron chi connectivity index (χ0n) is 12.8. The zero-order valence-corrected chi connectivity index (χ0v) is 12.8. The van der Waals surface area contributed by atoms with E-state index in [4.69, 9.17) is 0 Å². The van der Waals surface area contributed by atoms with Crippen LogP contribution in [-0.4, -0.2) is 31.3 Å². The summed E-state index contributed by atoms with van der Waals surface area (Å²) in [5.74, 6) is 0. The molecule has 0 atom stereocenters. The number of nitrogens with one attached hydrogen (secondary N) is 1. The predicted molar refractivity (Wildman–Crippen MR) is 78.5 cm³/mol. The van der Waals surface area contributed by atoms with Crippen LogP contribution < -0.4 is 5.32 Å². The molecule has 0 aliphatic heterocycles. The van der Waals surface area contributed by atoms with Crippen molar-refractivity contribution >= 4 is 0 Å². The van der Waals surface area contributed by atoms with E-state index in [0.717, 1.165) is 44.0 Å². The third-order valence-corrected chi connectivity index (χ3v) is 3.57. The van der Waals surface area contributed by atoms with Crippen LogP contribution in [0.4, 0.5) is 0 Å². The van der Waals surface area contributed by atoms with Gasteiger partial charge >= 0.3 is 0 Å². The lowest BCUT2D eigenvalue weighted by atomic mass is 10.1. The first kappa shape index (κ1) is 14.7. The van der Waals surface area contributed by atoms with E-state index in [-0.39, 0.29) is 0 Å². The summed E-state index contributed by atoms with van der Waals surface area (Å²) in [7, 11) is 0. The molecule has 0 aliphatic carbocycles. The number of aromatic nitrogens is 5. The Hall–Kier alpha value is -1.69. The molecule has 20 heavy (non-hydrogen) atoms. The topological polar surface area (TPSA) is 60.6 Å². The fraction of sp³-hybridized carbons (Fsp3) is 0.643. The molecule has 0 bridgehead atoms. The van der Waals surface area contributed by atoms with Crippen LogP contribution in [0.25, 0.3) is 0 Å². The van der Waals surface area contributed by atoms with Crippen molar-refractivity contribution in [2.75, 3.05) is 6.54 Å². The van der Waals surface area contributed by atoms with Crippen LogP contribution in [0.1, 0.15) is 36.5 Å². The third-order valence-electron chi connectivity index (χ3n) is 3.57. The fourth-order valence-corrected chi connectivity index (χ4v) is 2.44. The van der Waals surface area contributed by atoms with Crippen molar-refractivity contribution < 1.29 is 0 Å². The van der Waals surface area contributed by atoms with Gasteiger partial charge in [0.2, 0.25) is 0 Å². The smallest absolute Gasteiger partial charge is 0.0964 e. The molecule has 1 N–H and O–H groups in total. The molecule has 110 valence electrons. The summed E-state index contributed by atoms with van der Waals surface area (Å²) in [6.45, 7) is 11.8. The van der Waals surface area contributed by atoms with Crippen LogP contribution in [0, 0.1) is 13.8 Å². The quantitative estimate of drug-likeness (QED) is 0.832. The molecule has 0 saturated carbocycles. The minimum atomic E-state index is 0.774. The van der Waals surface area contributed by atoms with Crippen LogP contribution in [0.3, 0.4) is 0 Å². The Morgan fingerprint density at radius 3 is 2.65 bits per heavy atom. The fourth-order valence-electron chi connectivity index (χ4n) is 2.44. The van der Waals surface area contributed by atoms with Gasteiger partial charge in [0.15, 0.2) is 0 Å². The Morgan fingerprint density at radius 1 is 1.20 bits per heavy atom. The second kappa shape index (κ2) is 6.65. The normalized spacial score (nSPS) is 11.2. The maximum atomic E-state index is 4.60. The van der Waals surface area contributed by atoms with Gasteiger partial charge in [0, 0.05) is 18.4 Å². The maximum Gasteiger partial charge on any atom is 0.0964 e. The molecule has 0 fully saturated rings. The maximum absolute atomic E-state index is 4.60. The van der Waals surface area contributed by atoms with Gasteiger partial charge in [-0.2, -0.15) is 5.10 Å². The standard InChI is InChI=1S/C14H24N6/c1-5-14-11(3)17-20(12(14)4)8-7-19-10-13(16-18-19)9-15-6-2/h10,15H,5-9H2,1-4H3. The average Bonchev–Trinajstić information content (AvgIpc) is 2.99. The Balaban J connectivity index is 1.96. The van der Waals surface area contributed by atoms with Gasteiger partial charge in [0.25, 0.3) is 0 Å². The lowest BCUT2D eigenvalue weighted by Crippen LogP contribution is -2.12. The van der Waals surface area contributed by atoms with Gasteiger partial charge in [-0.3, -0.25) is 9.36 Å². The summed E-state index contributed by atoms with van der Waals surface area (Å²) in [6.07, 6.45) is 3.03. The third kappa shape index (κ3) is 3.25. The van der Waals surface area contributed by atoms with Crippen molar-refractivity contribution in [2.24, 2.45) is 0 Å². The highest BCUT2D eigenvalue weighted by Gasteiger charge is 2.09. The predicted octanol–water partition coefficient (Wildman–Crippen LogP) is 1.46. The average molecular weight is 276 g/mol. The molecule has 0 radical (unpaired) electrons. The van der Waals surface area contributed by atoms with Crippen LogP contribution >= 0.6 is 0 Å². The molecule has 2 aromatic heterocycles. The Bertz CT molecular complexity index is 554. The van der Waals surface area contributed by atoms with Crippen LogP contribution in [0.15, 0.2) is 6.20 Å². The van der Waals surface area contributed by atoms with Crippen LogP contribution in [0.5, 0.6) is 0 Å². The van der Waals surface area contributed by atoms with Gasteiger partial charge in [0.1, 0.15) is 0 Å². The largest absolute Gasteiger partial charge is 0.311 e. The van der Waals surface area contributed by atoms with Crippen LogP contribution in [-0.2, 0) is 26.1 Å². The van der Waals surface area contributed by atoms with Gasteiger partial charge < -0.3 is 5.32 Å². The van der Waals surface area contributed by atoms with E-state index in [1.54, 1.807) is 0 Å². The number of nitrogens with zero attached hydrogens (tertiary/aromatic N) is 5. The second-order valence-electron chi connectivity index (χ2n) is 4.98. The molecule has 0 aliphatic rings. The van der Waals surface area contributed by atoms with Gasteiger partial charge in [-0.05, 0) is 32.4 Å². The van der Waals surface area contributed by atoms with Crippen molar-refractivity contribution in [3.63, 3.8) is 0 Å². The van der Waals surface area contributed by atoms with Gasteiger partial charge in [-0.25, -0.2) is 0 Å². The molecule has 2 rings (SSSR count). The molecule has 0 aromatic carbocycles. The van der Waals surface area contributed by atoms with E-state index in [2.05, 4.69) is 53.1 Å². The zero-order chi connectivity index (χ0) is 14.5. The summed E-state index contributed by atoms with van der Waals surface area (Å²) in [5, 5.41) is 16.1. The van der Waals surface area contributed by atoms with Crippen molar-refractivity contribution in [2.45, 2.75) is 53.8 Å². The highest BCUT2D eigenvalue weighted by Crippen LogP contribution is 2.13. The summed E-state index contributed by atoms with van der Waals surface area (Å²) in [5.41, 5.74) is 4.74. The highest BCUT2D eigenvalue weighted by molar-refractivity contribution is 5.24. The molecule has 0 unspecified atom stereocenters. The van der Waals surface area contributed by atoms with E-state index >= 15 is 0 Å². The molecule has 2 aromatic rings. The molecule has 6 nitrogen and oxygen atoms in total.